The van der Waals surface area contributed by atoms with Crippen LogP contribution in [0, 0.1) is 0 Å². The van der Waals surface area contributed by atoms with Crippen LogP contribution < -0.4 is 15.5 Å². The number of carbonyl (C=O) groups is 3. The summed E-state index contributed by atoms with van der Waals surface area (Å²) in [6.07, 6.45) is 1.29. The van der Waals surface area contributed by atoms with Crippen molar-refractivity contribution >= 4 is 23.6 Å². The number of fused-ring (bicyclic) bond motifs is 1. The molecule has 1 aromatic rings. The molecular weight excluding hydrogens is 310 g/mol. The zero-order valence-corrected chi connectivity index (χ0v) is 14.1. The van der Waals surface area contributed by atoms with Crippen LogP contribution in [-0.4, -0.2) is 44.1 Å². The van der Waals surface area contributed by atoms with Crippen molar-refractivity contribution in [3.63, 3.8) is 0 Å². The lowest BCUT2D eigenvalue weighted by Gasteiger charge is -2.14. The first-order valence-electron chi connectivity index (χ1n) is 8.12. The molecule has 2 rings (SSSR count). The van der Waals surface area contributed by atoms with E-state index in [-0.39, 0.29) is 18.5 Å². The first kappa shape index (κ1) is 17.8. The van der Waals surface area contributed by atoms with E-state index in [1.54, 1.807) is 23.1 Å². The normalized spacial score (nSPS) is 12.5. The maximum Gasteiger partial charge on any atom is 0.338 e. The summed E-state index contributed by atoms with van der Waals surface area (Å²) >= 11 is 0. The highest BCUT2D eigenvalue weighted by molar-refractivity contribution is 5.96. The van der Waals surface area contributed by atoms with Gasteiger partial charge in [-0.05, 0) is 43.5 Å². The Hall–Kier alpha value is -2.57. The summed E-state index contributed by atoms with van der Waals surface area (Å²) in [6, 6.07) is 5.03. The summed E-state index contributed by atoms with van der Waals surface area (Å²) in [4.78, 5) is 36.5. The van der Waals surface area contributed by atoms with Crippen molar-refractivity contribution in [2.24, 2.45) is 0 Å². The van der Waals surface area contributed by atoms with Crippen molar-refractivity contribution in [2.75, 3.05) is 31.1 Å². The van der Waals surface area contributed by atoms with E-state index in [2.05, 4.69) is 10.6 Å². The number of benzene rings is 1. The topological polar surface area (TPSA) is 87.7 Å². The maximum absolute atomic E-state index is 12.1. The molecule has 7 heteroatoms. The van der Waals surface area contributed by atoms with Crippen LogP contribution in [0.4, 0.5) is 10.5 Å². The molecule has 0 atom stereocenters. The molecule has 24 heavy (non-hydrogen) atoms. The second-order valence-electron chi connectivity index (χ2n) is 5.54. The van der Waals surface area contributed by atoms with Crippen LogP contribution in [0.3, 0.4) is 0 Å². The Morgan fingerprint density at radius 3 is 2.75 bits per heavy atom. The number of hydrogen-bond donors (Lipinski definition) is 2. The summed E-state index contributed by atoms with van der Waals surface area (Å²) in [6.45, 7) is 5.27. The first-order valence-corrected chi connectivity index (χ1v) is 8.12. The van der Waals surface area contributed by atoms with Gasteiger partial charge in [-0.15, -0.1) is 0 Å². The molecule has 1 aliphatic heterocycles. The molecule has 0 spiro atoms. The summed E-state index contributed by atoms with van der Waals surface area (Å²) in [5, 5.41) is 5.29. The lowest BCUT2D eigenvalue weighted by molar-refractivity contribution is -0.116. The van der Waals surface area contributed by atoms with E-state index < -0.39 is 5.97 Å². The molecule has 0 unspecified atom stereocenters. The van der Waals surface area contributed by atoms with Gasteiger partial charge in [0.15, 0.2) is 0 Å². The van der Waals surface area contributed by atoms with Crippen molar-refractivity contribution in [1.29, 1.82) is 0 Å². The largest absolute Gasteiger partial charge is 0.462 e. The quantitative estimate of drug-likeness (QED) is 0.609. The van der Waals surface area contributed by atoms with E-state index in [0.717, 1.165) is 17.7 Å². The van der Waals surface area contributed by atoms with Crippen molar-refractivity contribution in [3.8, 4) is 0 Å². The van der Waals surface area contributed by atoms with E-state index in [0.29, 0.717) is 31.6 Å². The molecule has 0 bridgehead atoms. The minimum atomic E-state index is -0.392. The van der Waals surface area contributed by atoms with E-state index in [1.807, 2.05) is 6.92 Å². The van der Waals surface area contributed by atoms with Crippen molar-refractivity contribution < 1.29 is 19.1 Å². The molecule has 0 saturated carbocycles. The van der Waals surface area contributed by atoms with Crippen LogP contribution in [-0.2, 0) is 16.0 Å². The van der Waals surface area contributed by atoms with E-state index in [1.165, 1.54) is 6.92 Å². The molecule has 130 valence electrons. The van der Waals surface area contributed by atoms with Gasteiger partial charge in [0.05, 0.1) is 12.2 Å². The number of amides is 3. The molecule has 7 nitrogen and oxygen atoms in total. The summed E-state index contributed by atoms with van der Waals surface area (Å²) in [5.74, 6) is -0.388. The fourth-order valence-electron chi connectivity index (χ4n) is 2.60. The average Bonchev–Trinajstić information content (AvgIpc) is 2.97. The lowest BCUT2D eigenvalue weighted by atomic mass is 10.1. The Morgan fingerprint density at radius 2 is 2.04 bits per heavy atom. The van der Waals surface area contributed by atoms with Crippen LogP contribution in [0.2, 0.25) is 0 Å². The van der Waals surface area contributed by atoms with Gasteiger partial charge in [-0.1, -0.05) is 0 Å². The van der Waals surface area contributed by atoms with Gasteiger partial charge in [-0.25, -0.2) is 9.59 Å². The maximum atomic E-state index is 12.1. The van der Waals surface area contributed by atoms with Crippen LogP contribution in [0.15, 0.2) is 18.2 Å². The second kappa shape index (κ2) is 8.33. The van der Waals surface area contributed by atoms with Gasteiger partial charge in [0.2, 0.25) is 5.91 Å². The van der Waals surface area contributed by atoms with Crippen molar-refractivity contribution in [2.45, 2.75) is 26.7 Å². The fourth-order valence-corrected chi connectivity index (χ4v) is 2.60. The number of esters is 1. The molecule has 3 amide bonds. The van der Waals surface area contributed by atoms with Crippen LogP contribution >= 0.6 is 0 Å². The monoisotopic (exact) mass is 333 g/mol. The SMILES string of the molecule is CCNC(=O)NCCCOC(=O)c1ccc2c(c1)CCN2C(C)=O. The summed E-state index contributed by atoms with van der Waals surface area (Å²) in [7, 11) is 0. The number of nitrogens with zero attached hydrogens (tertiary/aromatic N) is 1. The van der Waals surface area contributed by atoms with Crippen molar-refractivity contribution in [3.05, 3.63) is 29.3 Å². The summed E-state index contributed by atoms with van der Waals surface area (Å²) < 4.78 is 5.21. The Bertz CT molecular complexity index is 630. The molecule has 0 fully saturated rings. The van der Waals surface area contributed by atoms with Gasteiger partial charge in [0.25, 0.3) is 0 Å². The highest BCUT2D eigenvalue weighted by atomic mass is 16.5. The Morgan fingerprint density at radius 1 is 1.25 bits per heavy atom. The molecule has 1 aliphatic rings. The molecule has 0 aliphatic carbocycles. The number of hydrogen-bond acceptors (Lipinski definition) is 4. The van der Waals surface area contributed by atoms with Gasteiger partial charge in [0.1, 0.15) is 0 Å². The smallest absolute Gasteiger partial charge is 0.338 e. The fraction of sp³-hybridized carbons (Fsp3) is 0.471. The zero-order valence-electron chi connectivity index (χ0n) is 14.1. The third kappa shape index (κ3) is 4.47. The predicted molar refractivity (Wildman–Crippen MR) is 90.1 cm³/mol. The second-order valence-corrected chi connectivity index (χ2v) is 5.54. The molecular formula is C17H23N3O4. The molecule has 0 aromatic heterocycles. The number of urea groups is 1. The number of rotatable bonds is 6. The van der Waals surface area contributed by atoms with Crippen LogP contribution in [0.5, 0.6) is 0 Å². The van der Waals surface area contributed by atoms with Gasteiger partial charge in [-0.3, -0.25) is 4.79 Å². The van der Waals surface area contributed by atoms with E-state index >= 15 is 0 Å². The lowest BCUT2D eigenvalue weighted by Crippen LogP contribution is -2.36. The molecule has 2 N–H and O–H groups in total. The van der Waals surface area contributed by atoms with Crippen LogP contribution in [0.1, 0.15) is 36.2 Å². The number of anilines is 1. The highest BCUT2D eigenvalue weighted by Crippen LogP contribution is 2.29. The molecule has 0 radical (unpaired) electrons. The Labute approximate surface area is 141 Å². The average molecular weight is 333 g/mol. The zero-order chi connectivity index (χ0) is 17.5. The highest BCUT2D eigenvalue weighted by Gasteiger charge is 2.23. The molecule has 1 aromatic carbocycles. The Balaban J connectivity index is 1.80. The molecule has 1 heterocycles. The van der Waals surface area contributed by atoms with Crippen molar-refractivity contribution in [1.82, 2.24) is 10.6 Å². The number of ether oxygens (including phenoxy) is 1. The van der Waals surface area contributed by atoms with Crippen LogP contribution in [0.25, 0.3) is 0 Å². The predicted octanol–water partition coefficient (Wildman–Crippen LogP) is 1.46. The minimum absolute atomic E-state index is 0.00341. The van der Waals surface area contributed by atoms with Gasteiger partial charge in [-0.2, -0.15) is 0 Å². The first-order chi connectivity index (χ1) is 11.5. The van der Waals surface area contributed by atoms with E-state index in [4.69, 9.17) is 4.74 Å². The van der Waals surface area contributed by atoms with E-state index in [9.17, 15) is 14.4 Å². The standard InChI is InChI=1S/C17H23N3O4/c1-3-18-17(23)19-8-4-10-24-16(22)14-5-6-15-13(11-14)7-9-20(15)12(2)21/h5-6,11H,3-4,7-10H2,1-2H3,(H2,18,19,23). The Kier molecular flexibility index (Phi) is 6.17. The number of carbonyl (C=O) groups excluding carboxylic acids is 3. The number of nitrogens with one attached hydrogen (secondary N) is 2. The minimum Gasteiger partial charge on any atom is -0.462 e. The summed E-state index contributed by atoms with van der Waals surface area (Å²) in [5.41, 5.74) is 2.33. The van der Waals surface area contributed by atoms with Gasteiger partial charge < -0.3 is 20.3 Å². The van der Waals surface area contributed by atoms with Gasteiger partial charge >= 0.3 is 12.0 Å². The van der Waals surface area contributed by atoms with Gasteiger partial charge in [0, 0.05) is 32.2 Å². The third-order valence-corrected chi connectivity index (χ3v) is 3.77. The third-order valence-electron chi connectivity index (χ3n) is 3.77. The molecule has 0 saturated heterocycles.